The smallest absolute Gasteiger partial charge is 0.126 e. The van der Waals surface area contributed by atoms with Crippen LogP contribution in [0.15, 0.2) is 24.5 Å². The lowest BCUT2D eigenvalue weighted by Crippen LogP contribution is -2.38. The number of rotatable bonds is 5. The molecule has 1 aliphatic carbocycles. The summed E-state index contributed by atoms with van der Waals surface area (Å²) in [5.41, 5.74) is 4.18. The van der Waals surface area contributed by atoms with Crippen LogP contribution in [0.25, 0.3) is 0 Å². The molecule has 4 nitrogen and oxygen atoms in total. The van der Waals surface area contributed by atoms with Crippen molar-refractivity contribution in [2.75, 3.05) is 13.1 Å². The highest BCUT2D eigenvalue weighted by molar-refractivity contribution is 5.24. The van der Waals surface area contributed by atoms with E-state index in [1.807, 2.05) is 12.4 Å². The van der Waals surface area contributed by atoms with Crippen LogP contribution in [-0.2, 0) is 19.4 Å². The molecule has 25 heavy (non-hydrogen) atoms. The van der Waals surface area contributed by atoms with E-state index < -0.39 is 6.10 Å². The van der Waals surface area contributed by atoms with Crippen molar-refractivity contribution in [1.29, 1.82) is 0 Å². The van der Waals surface area contributed by atoms with Gasteiger partial charge in [-0.2, -0.15) is 0 Å². The zero-order chi connectivity index (χ0) is 17.4. The summed E-state index contributed by atoms with van der Waals surface area (Å²) in [6.07, 6.45) is 7.02. The quantitative estimate of drug-likeness (QED) is 0.907. The summed E-state index contributed by atoms with van der Waals surface area (Å²) in [5.74, 6) is -0.191. The summed E-state index contributed by atoms with van der Waals surface area (Å²) in [6, 6.07) is 5.74. The number of aromatic nitrogens is 2. The minimum atomic E-state index is -0.444. The Bertz CT molecular complexity index is 753. The van der Waals surface area contributed by atoms with Crippen LogP contribution in [0.5, 0.6) is 0 Å². The second-order valence-corrected chi connectivity index (χ2v) is 7.56. The van der Waals surface area contributed by atoms with E-state index in [-0.39, 0.29) is 5.82 Å². The van der Waals surface area contributed by atoms with Gasteiger partial charge in [-0.25, -0.2) is 9.37 Å². The van der Waals surface area contributed by atoms with Crippen molar-refractivity contribution in [3.8, 4) is 0 Å². The SMILES string of the molecule is Cc1cc(CC(O)CN2CCc3c(ncn3C3CCC3)C2)ccc1F. The Morgan fingerprint density at radius 2 is 2.20 bits per heavy atom. The van der Waals surface area contributed by atoms with Gasteiger partial charge in [0.1, 0.15) is 5.82 Å². The zero-order valence-electron chi connectivity index (χ0n) is 14.8. The van der Waals surface area contributed by atoms with Crippen LogP contribution in [-0.4, -0.2) is 38.8 Å². The van der Waals surface area contributed by atoms with Crippen LogP contribution < -0.4 is 0 Å². The van der Waals surface area contributed by atoms with E-state index in [1.54, 1.807) is 13.0 Å². The first-order valence-corrected chi connectivity index (χ1v) is 9.30. The van der Waals surface area contributed by atoms with E-state index in [1.165, 1.54) is 36.7 Å². The molecule has 1 N–H and O–H groups in total. The molecule has 134 valence electrons. The summed E-state index contributed by atoms with van der Waals surface area (Å²) in [7, 11) is 0. The molecule has 0 amide bonds. The number of aryl methyl sites for hydroxylation is 1. The molecule has 2 heterocycles. The number of β-amino-alcohol motifs (C(OH)–C–C–N with tert-alkyl or cyclic N) is 1. The maximum absolute atomic E-state index is 13.4. The second-order valence-electron chi connectivity index (χ2n) is 7.56. The largest absolute Gasteiger partial charge is 0.391 e. The topological polar surface area (TPSA) is 41.3 Å². The fourth-order valence-corrected chi connectivity index (χ4v) is 3.99. The number of aliphatic hydroxyl groups excluding tert-OH is 1. The summed E-state index contributed by atoms with van der Waals surface area (Å²) in [6.45, 7) is 4.17. The van der Waals surface area contributed by atoms with Gasteiger partial charge in [-0.1, -0.05) is 12.1 Å². The molecule has 2 aromatic rings. The molecule has 1 unspecified atom stereocenters. The Balaban J connectivity index is 1.35. The number of hydrogen-bond donors (Lipinski definition) is 1. The number of imidazole rings is 1. The monoisotopic (exact) mass is 343 g/mol. The van der Waals surface area contributed by atoms with Crippen molar-refractivity contribution < 1.29 is 9.50 Å². The molecule has 1 aromatic heterocycles. The fraction of sp³-hybridized carbons (Fsp3) is 0.550. The first-order valence-electron chi connectivity index (χ1n) is 9.30. The molecule has 1 saturated carbocycles. The third kappa shape index (κ3) is 3.48. The van der Waals surface area contributed by atoms with E-state index in [4.69, 9.17) is 0 Å². The summed E-state index contributed by atoms with van der Waals surface area (Å²) in [5, 5.41) is 10.4. The van der Waals surface area contributed by atoms with Crippen molar-refractivity contribution in [2.45, 2.75) is 57.7 Å². The predicted molar refractivity (Wildman–Crippen MR) is 94.9 cm³/mol. The van der Waals surface area contributed by atoms with Gasteiger partial charge in [0.15, 0.2) is 0 Å². The number of hydrogen-bond acceptors (Lipinski definition) is 3. The van der Waals surface area contributed by atoms with Crippen molar-refractivity contribution in [3.63, 3.8) is 0 Å². The van der Waals surface area contributed by atoms with Gasteiger partial charge in [0, 0.05) is 37.8 Å². The average Bonchev–Trinajstić information content (AvgIpc) is 2.92. The minimum absolute atomic E-state index is 0.191. The molecular weight excluding hydrogens is 317 g/mol. The van der Waals surface area contributed by atoms with Gasteiger partial charge in [-0.3, -0.25) is 4.90 Å². The molecule has 0 saturated heterocycles. The molecular formula is C20H26FN3O. The number of fused-ring (bicyclic) bond motifs is 1. The number of benzene rings is 1. The number of nitrogens with zero attached hydrogens (tertiary/aromatic N) is 3. The number of halogens is 1. The third-order valence-corrected chi connectivity index (χ3v) is 5.65. The molecule has 1 aliphatic heterocycles. The Morgan fingerprint density at radius 3 is 2.92 bits per heavy atom. The first kappa shape index (κ1) is 16.7. The lowest BCUT2D eigenvalue weighted by atomic mass is 9.92. The van der Waals surface area contributed by atoms with E-state index in [2.05, 4.69) is 14.5 Å². The molecule has 2 aliphatic rings. The lowest BCUT2D eigenvalue weighted by molar-refractivity contribution is 0.104. The summed E-state index contributed by atoms with van der Waals surface area (Å²) < 4.78 is 15.7. The molecule has 0 spiro atoms. The Hall–Kier alpha value is -1.72. The van der Waals surface area contributed by atoms with Gasteiger partial charge >= 0.3 is 0 Å². The minimum Gasteiger partial charge on any atom is -0.391 e. The molecule has 1 atom stereocenters. The third-order valence-electron chi connectivity index (χ3n) is 5.65. The van der Waals surface area contributed by atoms with Gasteiger partial charge in [0.05, 0.1) is 18.1 Å². The van der Waals surface area contributed by atoms with Gasteiger partial charge in [0.2, 0.25) is 0 Å². The second kappa shape index (κ2) is 6.89. The molecule has 1 aromatic carbocycles. The first-order chi connectivity index (χ1) is 12.1. The standard InChI is InChI=1S/C20H26FN3O/c1-14-9-15(5-6-18(14)21)10-17(25)11-23-8-7-20-19(12-23)22-13-24(20)16-3-2-4-16/h5-6,9,13,16-17,25H,2-4,7-8,10-12H2,1H3. The van der Waals surface area contributed by atoms with Crippen LogP contribution >= 0.6 is 0 Å². The number of aliphatic hydroxyl groups is 1. The molecule has 0 radical (unpaired) electrons. The van der Waals surface area contributed by atoms with Gasteiger partial charge < -0.3 is 9.67 Å². The Labute approximate surface area is 148 Å². The highest BCUT2D eigenvalue weighted by Crippen LogP contribution is 2.34. The maximum atomic E-state index is 13.4. The normalized spacial score (nSPS) is 19.5. The van der Waals surface area contributed by atoms with E-state index in [0.717, 1.165) is 25.1 Å². The van der Waals surface area contributed by atoms with Crippen LogP contribution in [0.1, 0.15) is 47.8 Å². The highest BCUT2D eigenvalue weighted by Gasteiger charge is 2.27. The van der Waals surface area contributed by atoms with Crippen molar-refractivity contribution in [1.82, 2.24) is 14.5 Å². The molecule has 4 rings (SSSR count). The van der Waals surface area contributed by atoms with Gasteiger partial charge in [-0.15, -0.1) is 0 Å². The van der Waals surface area contributed by atoms with E-state index in [9.17, 15) is 9.50 Å². The molecule has 0 bridgehead atoms. The summed E-state index contributed by atoms with van der Waals surface area (Å²) >= 11 is 0. The van der Waals surface area contributed by atoms with Crippen LogP contribution in [0.3, 0.4) is 0 Å². The van der Waals surface area contributed by atoms with Crippen molar-refractivity contribution in [3.05, 3.63) is 52.9 Å². The zero-order valence-corrected chi connectivity index (χ0v) is 14.8. The van der Waals surface area contributed by atoms with E-state index >= 15 is 0 Å². The fourth-order valence-electron chi connectivity index (χ4n) is 3.99. The van der Waals surface area contributed by atoms with Crippen LogP contribution in [0.2, 0.25) is 0 Å². The van der Waals surface area contributed by atoms with Gasteiger partial charge in [-0.05, 0) is 49.8 Å². The Morgan fingerprint density at radius 1 is 1.36 bits per heavy atom. The highest BCUT2D eigenvalue weighted by atomic mass is 19.1. The maximum Gasteiger partial charge on any atom is 0.126 e. The molecule has 5 heteroatoms. The molecule has 1 fully saturated rings. The van der Waals surface area contributed by atoms with Crippen LogP contribution in [0.4, 0.5) is 4.39 Å². The van der Waals surface area contributed by atoms with Crippen molar-refractivity contribution >= 4 is 0 Å². The lowest BCUT2D eigenvalue weighted by Gasteiger charge is -2.32. The predicted octanol–water partition coefficient (Wildman–Crippen LogP) is 3.02. The van der Waals surface area contributed by atoms with Gasteiger partial charge in [0.25, 0.3) is 0 Å². The van der Waals surface area contributed by atoms with Crippen molar-refractivity contribution in [2.24, 2.45) is 0 Å². The Kier molecular flexibility index (Phi) is 4.61. The van der Waals surface area contributed by atoms with E-state index in [0.29, 0.717) is 24.6 Å². The van der Waals surface area contributed by atoms with Crippen LogP contribution in [0, 0.1) is 12.7 Å². The summed E-state index contributed by atoms with van der Waals surface area (Å²) in [4.78, 5) is 6.90. The average molecular weight is 343 g/mol.